The van der Waals surface area contributed by atoms with Crippen LogP contribution in [0.1, 0.15) is 19.5 Å². The van der Waals surface area contributed by atoms with E-state index in [1.807, 2.05) is 13.8 Å². The fourth-order valence-corrected chi connectivity index (χ4v) is 2.34. The molecule has 3 heterocycles. The zero-order valence-corrected chi connectivity index (χ0v) is 14.9. The normalized spacial score (nSPS) is 11.5. The molecule has 3 aromatic heterocycles. The molecule has 0 saturated carbocycles. The molecule has 6 nitrogen and oxygen atoms in total. The Balaban J connectivity index is 2.03. The number of halogens is 4. The molecule has 2 N–H and O–H groups in total. The Bertz CT molecular complexity index is 974. The van der Waals surface area contributed by atoms with Gasteiger partial charge in [-0.2, -0.15) is 13.2 Å². The van der Waals surface area contributed by atoms with Gasteiger partial charge < -0.3 is 10.6 Å². The van der Waals surface area contributed by atoms with Crippen molar-refractivity contribution in [1.29, 1.82) is 0 Å². The van der Waals surface area contributed by atoms with E-state index in [-0.39, 0.29) is 23.4 Å². The Morgan fingerprint density at radius 1 is 0.964 bits per heavy atom. The van der Waals surface area contributed by atoms with Gasteiger partial charge in [-0.15, -0.1) is 0 Å². The van der Waals surface area contributed by atoms with Gasteiger partial charge in [0.15, 0.2) is 5.82 Å². The van der Waals surface area contributed by atoms with E-state index in [0.29, 0.717) is 11.5 Å². The van der Waals surface area contributed by atoms with Gasteiger partial charge in [-0.25, -0.2) is 19.3 Å². The second-order valence-corrected chi connectivity index (χ2v) is 6.18. The quantitative estimate of drug-likeness (QED) is 0.616. The highest BCUT2D eigenvalue weighted by atomic mass is 19.4. The predicted octanol–water partition coefficient (Wildman–Crippen LogP) is 4.66. The monoisotopic (exact) mass is 392 g/mol. The molecule has 0 fully saturated rings. The van der Waals surface area contributed by atoms with Crippen LogP contribution in [0, 0.1) is 5.82 Å². The molecular weight excluding hydrogens is 376 g/mol. The van der Waals surface area contributed by atoms with Gasteiger partial charge in [0.25, 0.3) is 0 Å². The molecule has 0 spiro atoms. The third kappa shape index (κ3) is 4.90. The van der Waals surface area contributed by atoms with Crippen molar-refractivity contribution in [3.05, 3.63) is 54.2 Å². The predicted molar refractivity (Wildman–Crippen MR) is 96.5 cm³/mol. The SMILES string of the molecule is CC(C)Nc1cc(Nc2cncc(F)c2)nc(-c2cccc(C(F)(F)F)n2)n1. The molecule has 0 aliphatic heterocycles. The van der Waals surface area contributed by atoms with E-state index in [0.717, 1.165) is 12.3 Å². The number of hydrogen-bond acceptors (Lipinski definition) is 6. The summed E-state index contributed by atoms with van der Waals surface area (Å²) in [7, 11) is 0. The average Bonchev–Trinajstić information content (AvgIpc) is 2.60. The number of alkyl halides is 3. The van der Waals surface area contributed by atoms with Crippen LogP contribution in [0.25, 0.3) is 11.5 Å². The molecule has 0 bridgehead atoms. The molecule has 3 rings (SSSR count). The van der Waals surface area contributed by atoms with Crippen LogP contribution in [0.3, 0.4) is 0 Å². The molecule has 28 heavy (non-hydrogen) atoms. The van der Waals surface area contributed by atoms with E-state index in [1.165, 1.54) is 24.4 Å². The van der Waals surface area contributed by atoms with E-state index in [2.05, 4.69) is 30.6 Å². The van der Waals surface area contributed by atoms with Gasteiger partial charge in [0.1, 0.15) is 28.8 Å². The molecule has 0 amide bonds. The van der Waals surface area contributed by atoms with E-state index in [9.17, 15) is 17.6 Å². The maximum absolute atomic E-state index is 13.4. The molecule has 0 radical (unpaired) electrons. The topological polar surface area (TPSA) is 75.6 Å². The van der Waals surface area contributed by atoms with Gasteiger partial charge in [0.2, 0.25) is 0 Å². The standard InChI is InChI=1S/C18H16F4N6/c1-10(2)24-15-7-16(25-12-6-11(19)8-23-9-12)28-17(27-15)13-4-3-5-14(26-13)18(20,21)22/h3-10H,1-2H3,(H2,24,25,27,28). The first-order valence-corrected chi connectivity index (χ1v) is 8.28. The molecule has 10 heteroatoms. The number of nitrogens with zero attached hydrogens (tertiary/aromatic N) is 4. The Labute approximate surface area is 158 Å². The minimum absolute atomic E-state index is 0.0105. The smallest absolute Gasteiger partial charge is 0.368 e. The zero-order chi connectivity index (χ0) is 20.3. The van der Waals surface area contributed by atoms with E-state index in [1.54, 1.807) is 6.07 Å². The van der Waals surface area contributed by atoms with Crippen LogP contribution < -0.4 is 10.6 Å². The Hall–Kier alpha value is -3.30. The van der Waals surface area contributed by atoms with Crippen molar-refractivity contribution in [2.45, 2.75) is 26.1 Å². The summed E-state index contributed by atoms with van der Waals surface area (Å²) in [5.74, 6) is 0.0776. The molecule has 0 aromatic carbocycles. The Morgan fingerprint density at radius 2 is 1.71 bits per heavy atom. The number of nitrogens with one attached hydrogen (secondary N) is 2. The lowest BCUT2D eigenvalue weighted by Gasteiger charge is -2.13. The molecule has 3 aromatic rings. The van der Waals surface area contributed by atoms with Crippen LogP contribution >= 0.6 is 0 Å². The summed E-state index contributed by atoms with van der Waals surface area (Å²) in [5, 5.41) is 5.94. The summed E-state index contributed by atoms with van der Waals surface area (Å²) in [6.07, 6.45) is -2.14. The second-order valence-electron chi connectivity index (χ2n) is 6.18. The Morgan fingerprint density at radius 3 is 2.39 bits per heavy atom. The third-order valence-electron chi connectivity index (χ3n) is 3.41. The van der Waals surface area contributed by atoms with E-state index < -0.39 is 17.7 Å². The van der Waals surface area contributed by atoms with Crippen molar-refractivity contribution in [3.8, 4) is 11.5 Å². The highest BCUT2D eigenvalue weighted by Gasteiger charge is 2.32. The van der Waals surface area contributed by atoms with Gasteiger partial charge in [0, 0.05) is 18.2 Å². The molecule has 0 aliphatic rings. The molecular formula is C18H16F4N6. The van der Waals surface area contributed by atoms with Gasteiger partial charge in [-0.1, -0.05) is 6.07 Å². The number of rotatable bonds is 5. The minimum Gasteiger partial charge on any atom is -0.368 e. The van der Waals surface area contributed by atoms with Crippen LogP contribution in [0.4, 0.5) is 34.9 Å². The minimum atomic E-state index is -4.59. The number of aromatic nitrogens is 4. The van der Waals surface area contributed by atoms with Crippen molar-refractivity contribution in [3.63, 3.8) is 0 Å². The lowest BCUT2D eigenvalue weighted by molar-refractivity contribution is -0.141. The maximum Gasteiger partial charge on any atom is 0.433 e. The lowest BCUT2D eigenvalue weighted by atomic mass is 10.2. The van der Waals surface area contributed by atoms with E-state index >= 15 is 0 Å². The van der Waals surface area contributed by atoms with Gasteiger partial charge in [-0.05, 0) is 26.0 Å². The van der Waals surface area contributed by atoms with Crippen LogP contribution in [-0.4, -0.2) is 26.0 Å². The maximum atomic E-state index is 13.4. The largest absolute Gasteiger partial charge is 0.433 e. The van der Waals surface area contributed by atoms with Crippen molar-refractivity contribution in [2.24, 2.45) is 0 Å². The fraction of sp³-hybridized carbons (Fsp3) is 0.222. The molecule has 0 unspecified atom stereocenters. The number of pyridine rings is 2. The van der Waals surface area contributed by atoms with Gasteiger partial charge in [-0.3, -0.25) is 4.98 Å². The first-order chi connectivity index (χ1) is 13.2. The van der Waals surface area contributed by atoms with Crippen molar-refractivity contribution >= 4 is 17.3 Å². The summed E-state index contributed by atoms with van der Waals surface area (Å²) in [4.78, 5) is 15.8. The van der Waals surface area contributed by atoms with Crippen molar-refractivity contribution in [2.75, 3.05) is 10.6 Å². The molecule has 0 atom stereocenters. The van der Waals surface area contributed by atoms with Crippen LogP contribution in [0.5, 0.6) is 0 Å². The van der Waals surface area contributed by atoms with Crippen molar-refractivity contribution in [1.82, 2.24) is 19.9 Å². The first-order valence-electron chi connectivity index (χ1n) is 8.28. The third-order valence-corrected chi connectivity index (χ3v) is 3.41. The first kappa shape index (κ1) is 19.5. The average molecular weight is 392 g/mol. The van der Waals surface area contributed by atoms with Crippen LogP contribution in [-0.2, 0) is 6.18 Å². The summed E-state index contributed by atoms with van der Waals surface area (Å²) in [6.45, 7) is 3.77. The summed E-state index contributed by atoms with van der Waals surface area (Å²) < 4.78 is 52.3. The highest BCUT2D eigenvalue weighted by molar-refractivity contribution is 5.63. The summed E-state index contributed by atoms with van der Waals surface area (Å²) in [5.41, 5.74) is -0.751. The van der Waals surface area contributed by atoms with Gasteiger partial charge in [0.05, 0.1) is 18.1 Å². The highest BCUT2D eigenvalue weighted by Crippen LogP contribution is 2.29. The van der Waals surface area contributed by atoms with Gasteiger partial charge >= 0.3 is 6.18 Å². The fourth-order valence-electron chi connectivity index (χ4n) is 2.34. The molecule has 0 saturated heterocycles. The summed E-state index contributed by atoms with van der Waals surface area (Å²) >= 11 is 0. The summed E-state index contributed by atoms with van der Waals surface area (Å²) in [6, 6.07) is 6.28. The number of hydrogen-bond donors (Lipinski definition) is 2. The van der Waals surface area contributed by atoms with Crippen LogP contribution in [0.2, 0.25) is 0 Å². The number of anilines is 3. The van der Waals surface area contributed by atoms with E-state index in [4.69, 9.17) is 0 Å². The van der Waals surface area contributed by atoms with Crippen LogP contribution in [0.15, 0.2) is 42.7 Å². The second kappa shape index (κ2) is 7.75. The lowest BCUT2D eigenvalue weighted by Crippen LogP contribution is -2.13. The Kier molecular flexibility index (Phi) is 5.39. The van der Waals surface area contributed by atoms with Crippen molar-refractivity contribution < 1.29 is 17.6 Å². The molecule has 146 valence electrons. The zero-order valence-electron chi connectivity index (χ0n) is 14.9. The molecule has 0 aliphatic carbocycles.